The van der Waals surface area contributed by atoms with Crippen LogP contribution in [-0.2, 0) is 4.79 Å². The van der Waals surface area contributed by atoms with Gasteiger partial charge >= 0.3 is 0 Å². The summed E-state index contributed by atoms with van der Waals surface area (Å²) in [7, 11) is 0. The third kappa shape index (κ3) is 3.79. The quantitative estimate of drug-likeness (QED) is 0.676. The van der Waals surface area contributed by atoms with Crippen LogP contribution in [0.3, 0.4) is 0 Å². The Kier molecular flexibility index (Phi) is 5.28. The molecule has 0 radical (unpaired) electrons. The summed E-state index contributed by atoms with van der Waals surface area (Å²) >= 11 is 1.54. The van der Waals surface area contributed by atoms with Crippen molar-refractivity contribution in [1.82, 2.24) is 0 Å². The first-order valence-corrected chi connectivity index (χ1v) is 7.95. The zero-order valence-electron chi connectivity index (χ0n) is 12.4. The van der Waals surface area contributed by atoms with Gasteiger partial charge in [0.25, 0.3) is 0 Å². The fourth-order valence-electron chi connectivity index (χ4n) is 2.12. The molecule has 0 aromatic heterocycles. The first kappa shape index (κ1) is 15.4. The van der Waals surface area contributed by atoms with Crippen molar-refractivity contribution in [2.45, 2.75) is 18.7 Å². The van der Waals surface area contributed by atoms with Crippen LogP contribution in [0.5, 0.6) is 0 Å². The van der Waals surface area contributed by atoms with Gasteiger partial charge in [-0.2, -0.15) is 0 Å². The summed E-state index contributed by atoms with van der Waals surface area (Å²) in [5.41, 5.74) is 8.64. The fraction of sp³-hybridized carbons (Fsp3) is 0.235. The van der Waals surface area contributed by atoms with Gasteiger partial charge < -0.3 is 10.6 Å². The Hall–Kier alpha value is -1.94. The maximum absolute atomic E-state index is 12.4. The van der Waals surface area contributed by atoms with Crippen molar-refractivity contribution in [3.63, 3.8) is 0 Å². The van der Waals surface area contributed by atoms with E-state index in [0.717, 1.165) is 21.8 Å². The van der Waals surface area contributed by atoms with Gasteiger partial charge in [0.2, 0.25) is 5.91 Å². The molecule has 0 heterocycles. The zero-order chi connectivity index (χ0) is 15.2. The van der Waals surface area contributed by atoms with Crippen molar-refractivity contribution in [3.8, 4) is 0 Å². The molecule has 0 aliphatic rings. The lowest BCUT2D eigenvalue weighted by Gasteiger charge is -2.21. The number of carbonyl (C=O) groups excluding carboxylic acids is 1. The minimum absolute atomic E-state index is 0.107. The fourth-order valence-corrected chi connectivity index (χ4v) is 3.06. The first-order chi connectivity index (χ1) is 10.1. The van der Waals surface area contributed by atoms with Crippen molar-refractivity contribution in [3.05, 3.63) is 54.1 Å². The van der Waals surface area contributed by atoms with Crippen LogP contribution >= 0.6 is 11.8 Å². The Balaban J connectivity index is 2.05. The highest BCUT2D eigenvalue weighted by molar-refractivity contribution is 8.00. The number of thioether (sulfide) groups is 1. The molecule has 0 aliphatic heterocycles. The van der Waals surface area contributed by atoms with Gasteiger partial charge in [-0.1, -0.05) is 24.3 Å². The van der Waals surface area contributed by atoms with E-state index in [1.165, 1.54) is 11.8 Å². The number of para-hydroxylation sites is 1. The second-order valence-electron chi connectivity index (χ2n) is 4.73. The summed E-state index contributed by atoms with van der Waals surface area (Å²) in [6, 6.07) is 15.6. The molecule has 2 N–H and O–H groups in total. The largest absolute Gasteiger partial charge is 0.398 e. The highest BCUT2D eigenvalue weighted by Gasteiger charge is 2.14. The minimum atomic E-state index is 0.107. The topological polar surface area (TPSA) is 46.3 Å². The summed E-state index contributed by atoms with van der Waals surface area (Å²) in [4.78, 5) is 15.3. The number of nitrogen functional groups attached to an aromatic ring is 1. The van der Waals surface area contributed by atoms with E-state index in [9.17, 15) is 4.79 Å². The zero-order valence-corrected chi connectivity index (χ0v) is 13.2. The van der Waals surface area contributed by atoms with Crippen LogP contribution in [0.1, 0.15) is 12.5 Å². The number of nitrogens with zero attached hydrogens (tertiary/aromatic N) is 1. The average Bonchev–Trinajstić information content (AvgIpc) is 2.50. The number of benzene rings is 2. The van der Waals surface area contributed by atoms with Crippen LogP contribution in [0, 0.1) is 6.92 Å². The highest BCUT2D eigenvalue weighted by atomic mass is 32.2. The van der Waals surface area contributed by atoms with Crippen LogP contribution in [0.4, 0.5) is 11.4 Å². The van der Waals surface area contributed by atoms with E-state index < -0.39 is 0 Å². The molecule has 0 atom stereocenters. The van der Waals surface area contributed by atoms with Crippen molar-refractivity contribution >= 4 is 29.0 Å². The predicted octanol–water partition coefficient (Wildman–Crippen LogP) is 3.72. The number of hydrogen-bond acceptors (Lipinski definition) is 3. The lowest BCUT2D eigenvalue weighted by molar-refractivity contribution is -0.116. The molecule has 1 amide bonds. The molecule has 4 heteroatoms. The van der Waals surface area contributed by atoms with Crippen molar-refractivity contribution in [1.29, 1.82) is 0 Å². The number of rotatable bonds is 5. The van der Waals surface area contributed by atoms with Crippen LogP contribution in [-0.4, -0.2) is 18.2 Å². The van der Waals surface area contributed by atoms with Crippen LogP contribution < -0.4 is 10.6 Å². The second-order valence-corrected chi connectivity index (χ2v) is 5.75. The Bertz CT molecular complexity index is 613. The molecule has 0 saturated carbocycles. The molecule has 0 unspecified atom stereocenters. The summed E-state index contributed by atoms with van der Waals surface area (Å²) < 4.78 is 0. The minimum Gasteiger partial charge on any atom is -0.398 e. The molecule has 110 valence electrons. The Labute approximate surface area is 130 Å². The van der Waals surface area contributed by atoms with E-state index >= 15 is 0 Å². The van der Waals surface area contributed by atoms with Crippen LogP contribution in [0.15, 0.2) is 53.4 Å². The van der Waals surface area contributed by atoms with Crippen molar-refractivity contribution in [2.24, 2.45) is 0 Å². The van der Waals surface area contributed by atoms with Crippen LogP contribution in [0.2, 0.25) is 0 Å². The van der Waals surface area contributed by atoms with E-state index in [1.807, 2.05) is 62.4 Å². The number of nitrogens with two attached hydrogens (primary N) is 1. The molecule has 0 bridgehead atoms. The number of amides is 1. The smallest absolute Gasteiger partial charge is 0.237 e. The van der Waals surface area contributed by atoms with E-state index in [0.29, 0.717) is 12.3 Å². The van der Waals surface area contributed by atoms with Crippen molar-refractivity contribution in [2.75, 3.05) is 22.9 Å². The van der Waals surface area contributed by atoms with E-state index in [-0.39, 0.29) is 5.91 Å². The van der Waals surface area contributed by atoms with Crippen LogP contribution in [0.25, 0.3) is 0 Å². The molecule has 2 rings (SSSR count). The Morgan fingerprint density at radius 3 is 2.52 bits per heavy atom. The Morgan fingerprint density at radius 1 is 1.14 bits per heavy atom. The SMILES string of the molecule is CCN(C(=O)CSc1cccc(N)c1C)c1ccccc1. The number of carbonyl (C=O) groups is 1. The normalized spacial score (nSPS) is 10.4. The third-order valence-corrected chi connectivity index (χ3v) is 4.51. The van der Waals surface area contributed by atoms with Gasteiger partial charge in [0.05, 0.1) is 5.75 Å². The second kappa shape index (κ2) is 7.18. The summed E-state index contributed by atoms with van der Waals surface area (Å²) in [5, 5.41) is 0. The lowest BCUT2D eigenvalue weighted by Crippen LogP contribution is -2.32. The molecule has 0 spiro atoms. The molecule has 3 nitrogen and oxygen atoms in total. The maximum Gasteiger partial charge on any atom is 0.237 e. The molecule has 2 aromatic rings. The van der Waals surface area contributed by atoms with Gasteiger partial charge in [0, 0.05) is 22.8 Å². The van der Waals surface area contributed by atoms with Gasteiger partial charge in [-0.3, -0.25) is 4.79 Å². The van der Waals surface area contributed by atoms with E-state index in [4.69, 9.17) is 5.73 Å². The van der Waals surface area contributed by atoms with E-state index in [1.54, 1.807) is 4.90 Å². The monoisotopic (exact) mass is 300 g/mol. The summed E-state index contributed by atoms with van der Waals surface area (Å²) in [6.07, 6.45) is 0. The molecule has 2 aromatic carbocycles. The molecule has 0 saturated heterocycles. The average molecular weight is 300 g/mol. The summed E-state index contributed by atoms with van der Waals surface area (Å²) in [5.74, 6) is 0.517. The Morgan fingerprint density at radius 2 is 1.86 bits per heavy atom. The molecule has 21 heavy (non-hydrogen) atoms. The number of anilines is 2. The van der Waals surface area contributed by atoms with Gasteiger partial charge in [-0.25, -0.2) is 0 Å². The third-order valence-electron chi connectivity index (χ3n) is 3.36. The molecule has 0 fully saturated rings. The standard InChI is InChI=1S/C17H20N2OS/c1-3-19(14-8-5-4-6-9-14)17(20)12-21-16-11-7-10-15(18)13(16)2/h4-11H,3,12,18H2,1-2H3. The lowest BCUT2D eigenvalue weighted by atomic mass is 10.2. The highest BCUT2D eigenvalue weighted by Crippen LogP contribution is 2.26. The van der Waals surface area contributed by atoms with Gasteiger partial charge in [0.1, 0.15) is 0 Å². The number of hydrogen-bond donors (Lipinski definition) is 1. The molecular formula is C17H20N2OS. The summed E-state index contributed by atoms with van der Waals surface area (Å²) in [6.45, 7) is 4.64. The molecule has 0 aliphatic carbocycles. The molecular weight excluding hydrogens is 280 g/mol. The van der Waals surface area contributed by atoms with Gasteiger partial charge in [-0.05, 0) is 43.7 Å². The predicted molar refractivity (Wildman–Crippen MR) is 90.8 cm³/mol. The van der Waals surface area contributed by atoms with Gasteiger partial charge in [-0.15, -0.1) is 11.8 Å². The first-order valence-electron chi connectivity index (χ1n) is 6.96. The van der Waals surface area contributed by atoms with E-state index in [2.05, 4.69) is 0 Å². The van der Waals surface area contributed by atoms with Gasteiger partial charge in [0.15, 0.2) is 0 Å². The van der Waals surface area contributed by atoms with Crippen molar-refractivity contribution < 1.29 is 4.79 Å². The maximum atomic E-state index is 12.4.